The molecule has 0 bridgehead atoms. The quantitative estimate of drug-likeness (QED) is 0.404. The van der Waals surface area contributed by atoms with Crippen molar-refractivity contribution in [2.45, 2.75) is 25.2 Å². The minimum atomic E-state index is -4.03. The van der Waals surface area contributed by atoms with Crippen molar-refractivity contribution in [3.8, 4) is 0 Å². The molecule has 9 heteroatoms. The van der Waals surface area contributed by atoms with Gasteiger partial charge in [-0.1, -0.05) is 43.3 Å². The molecular weight excluding hydrogens is 430 g/mol. The SMILES string of the molecule is CCc1ccc(N(CC(=O)Nc2cc([N+](=O)[O-])ccc2C)S(=O)(=O)c2ccccc2)cc1. The third-order valence-electron chi connectivity index (χ3n) is 4.96. The highest BCUT2D eigenvalue weighted by molar-refractivity contribution is 7.92. The Bertz CT molecular complexity index is 1230. The summed E-state index contributed by atoms with van der Waals surface area (Å²) < 4.78 is 27.7. The summed E-state index contributed by atoms with van der Waals surface area (Å²) in [4.78, 5) is 23.4. The van der Waals surface area contributed by atoms with Gasteiger partial charge in [0, 0.05) is 12.1 Å². The van der Waals surface area contributed by atoms with Gasteiger partial charge in [0.1, 0.15) is 6.54 Å². The second kappa shape index (κ2) is 9.61. The Balaban J connectivity index is 1.94. The molecule has 3 aromatic carbocycles. The van der Waals surface area contributed by atoms with Crippen molar-refractivity contribution in [2.75, 3.05) is 16.2 Å². The van der Waals surface area contributed by atoms with Crippen LogP contribution in [0.4, 0.5) is 17.1 Å². The zero-order valence-corrected chi connectivity index (χ0v) is 18.5. The molecular formula is C23H23N3O5S. The van der Waals surface area contributed by atoms with E-state index in [2.05, 4.69) is 5.32 Å². The molecule has 0 aromatic heterocycles. The topological polar surface area (TPSA) is 110 Å². The minimum absolute atomic E-state index is 0.0545. The number of nitro benzene ring substituents is 1. The molecule has 0 spiro atoms. The third kappa shape index (κ3) is 5.12. The fourth-order valence-corrected chi connectivity index (χ4v) is 4.55. The van der Waals surface area contributed by atoms with E-state index in [1.165, 1.54) is 30.3 Å². The van der Waals surface area contributed by atoms with E-state index in [4.69, 9.17) is 0 Å². The van der Waals surface area contributed by atoms with E-state index in [-0.39, 0.29) is 16.3 Å². The number of carbonyl (C=O) groups excluding carboxylic acids is 1. The number of sulfonamides is 1. The van der Waals surface area contributed by atoms with Gasteiger partial charge in [-0.05, 0) is 48.7 Å². The maximum absolute atomic E-state index is 13.3. The highest BCUT2D eigenvalue weighted by Crippen LogP contribution is 2.25. The average Bonchev–Trinajstić information content (AvgIpc) is 2.79. The number of carbonyl (C=O) groups is 1. The van der Waals surface area contributed by atoms with E-state index in [0.29, 0.717) is 11.3 Å². The van der Waals surface area contributed by atoms with Crippen LogP contribution in [-0.2, 0) is 21.2 Å². The first-order chi connectivity index (χ1) is 15.2. The van der Waals surface area contributed by atoms with Gasteiger partial charge in [-0.3, -0.25) is 19.2 Å². The van der Waals surface area contributed by atoms with Gasteiger partial charge in [-0.25, -0.2) is 8.42 Å². The van der Waals surface area contributed by atoms with Crippen LogP contribution >= 0.6 is 0 Å². The van der Waals surface area contributed by atoms with Crippen molar-refractivity contribution < 1.29 is 18.1 Å². The molecule has 0 heterocycles. The number of nitrogens with zero attached hydrogens (tertiary/aromatic N) is 2. The molecule has 166 valence electrons. The number of anilines is 2. The summed E-state index contributed by atoms with van der Waals surface area (Å²) in [6.45, 7) is 3.19. The Morgan fingerprint density at radius 1 is 1.03 bits per heavy atom. The normalized spacial score (nSPS) is 11.1. The van der Waals surface area contributed by atoms with Crippen molar-refractivity contribution in [2.24, 2.45) is 0 Å². The Morgan fingerprint density at radius 3 is 2.28 bits per heavy atom. The summed E-state index contributed by atoms with van der Waals surface area (Å²) >= 11 is 0. The minimum Gasteiger partial charge on any atom is -0.324 e. The van der Waals surface area contributed by atoms with Crippen LogP contribution in [0.3, 0.4) is 0 Å². The van der Waals surface area contributed by atoms with Crippen LogP contribution in [0.2, 0.25) is 0 Å². The number of non-ortho nitro benzene ring substituents is 1. The number of amides is 1. The zero-order chi connectivity index (χ0) is 23.3. The molecule has 0 radical (unpaired) electrons. The van der Waals surface area contributed by atoms with E-state index in [9.17, 15) is 23.3 Å². The van der Waals surface area contributed by atoms with E-state index >= 15 is 0 Å². The van der Waals surface area contributed by atoms with Gasteiger partial charge in [0.15, 0.2) is 0 Å². The number of benzene rings is 3. The molecule has 0 aliphatic rings. The monoisotopic (exact) mass is 453 g/mol. The van der Waals surface area contributed by atoms with E-state index in [1.54, 1.807) is 37.3 Å². The van der Waals surface area contributed by atoms with Gasteiger partial charge >= 0.3 is 0 Å². The van der Waals surface area contributed by atoms with Crippen LogP contribution in [0.1, 0.15) is 18.1 Å². The molecule has 0 saturated heterocycles. The van der Waals surface area contributed by atoms with Gasteiger partial charge in [0.2, 0.25) is 5.91 Å². The summed E-state index contributed by atoms with van der Waals surface area (Å²) in [6.07, 6.45) is 0.790. The van der Waals surface area contributed by atoms with Gasteiger partial charge in [0.05, 0.1) is 21.2 Å². The summed E-state index contributed by atoms with van der Waals surface area (Å²) in [5, 5.41) is 13.7. The third-order valence-corrected chi connectivity index (χ3v) is 6.75. The van der Waals surface area contributed by atoms with Gasteiger partial charge in [0.25, 0.3) is 15.7 Å². The molecule has 3 aromatic rings. The lowest BCUT2D eigenvalue weighted by Crippen LogP contribution is -2.38. The van der Waals surface area contributed by atoms with Crippen LogP contribution in [0.5, 0.6) is 0 Å². The van der Waals surface area contributed by atoms with Gasteiger partial charge in [-0.15, -0.1) is 0 Å². The van der Waals surface area contributed by atoms with Crippen molar-refractivity contribution in [3.63, 3.8) is 0 Å². The molecule has 3 rings (SSSR count). The molecule has 0 aliphatic carbocycles. The van der Waals surface area contributed by atoms with Crippen LogP contribution in [0, 0.1) is 17.0 Å². The van der Waals surface area contributed by atoms with E-state index in [1.807, 2.05) is 19.1 Å². The van der Waals surface area contributed by atoms with Crippen molar-refractivity contribution in [1.82, 2.24) is 0 Å². The largest absolute Gasteiger partial charge is 0.324 e. The lowest BCUT2D eigenvalue weighted by molar-refractivity contribution is -0.384. The average molecular weight is 454 g/mol. The predicted octanol–water partition coefficient (Wildman–Crippen LogP) is 4.30. The smallest absolute Gasteiger partial charge is 0.271 e. The lowest BCUT2D eigenvalue weighted by atomic mass is 10.1. The number of nitrogens with one attached hydrogen (secondary N) is 1. The zero-order valence-electron chi connectivity index (χ0n) is 17.7. The molecule has 32 heavy (non-hydrogen) atoms. The summed E-state index contributed by atoms with van der Waals surface area (Å²) in [6, 6.07) is 18.9. The van der Waals surface area contributed by atoms with Crippen LogP contribution in [-0.4, -0.2) is 25.8 Å². The predicted molar refractivity (Wildman–Crippen MR) is 123 cm³/mol. The maximum atomic E-state index is 13.3. The molecule has 0 aliphatic heterocycles. The van der Waals surface area contributed by atoms with Crippen molar-refractivity contribution >= 4 is 33.0 Å². The first kappa shape index (κ1) is 23.0. The number of hydrogen-bond acceptors (Lipinski definition) is 5. The lowest BCUT2D eigenvalue weighted by Gasteiger charge is -2.24. The van der Waals surface area contributed by atoms with E-state index in [0.717, 1.165) is 16.3 Å². The Labute approximate surface area is 186 Å². The van der Waals surface area contributed by atoms with Crippen LogP contribution in [0.15, 0.2) is 77.7 Å². The Kier molecular flexibility index (Phi) is 6.89. The molecule has 1 N–H and O–H groups in total. The van der Waals surface area contributed by atoms with Crippen molar-refractivity contribution in [1.29, 1.82) is 0 Å². The molecule has 0 atom stereocenters. The first-order valence-electron chi connectivity index (χ1n) is 9.94. The fraction of sp³-hybridized carbons (Fsp3) is 0.174. The molecule has 0 fully saturated rings. The van der Waals surface area contributed by atoms with Crippen LogP contribution < -0.4 is 9.62 Å². The highest BCUT2D eigenvalue weighted by atomic mass is 32.2. The summed E-state index contributed by atoms with van der Waals surface area (Å²) in [5.74, 6) is -0.618. The molecule has 0 saturated carbocycles. The van der Waals surface area contributed by atoms with E-state index < -0.39 is 27.4 Å². The Morgan fingerprint density at radius 2 is 1.69 bits per heavy atom. The second-order valence-electron chi connectivity index (χ2n) is 7.15. The molecule has 1 amide bonds. The second-order valence-corrected chi connectivity index (χ2v) is 9.01. The Hall–Kier alpha value is -3.72. The van der Waals surface area contributed by atoms with Crippen LogP contribution in [0.25, 0.3) is 0 Å². The standard InChI is InChI=1S/C23H23N3O5S/c1-3-18-10-13-19(14-11-18)25(32(30,31)21-7-5-4-6-8-21)16-23(27)24-22-15-20(26(28)29)12-9-17(22)2/h4-15H,3,16H2,1-2H3,(H,24,27). The number of rotatable bonds is 8. The fourth-order valence-electron chi connectivity index (χ4n) is 3.11. The summed E-state index contributed by atoms with van der Waals surface area (Å²) in [7, 11) is -4.03. The first-order valence-corrected chi connectivity index (χ1v) is 11.4. The van der Waals surface area contributed by atoms with Crippen molar-refractivity contribution in [3.05, 3.63) is 94.0 Å². The molecule has 8 nitrogen and oxygen atoms in total. The van der Waals surface area contributed by atoms with Gasteiger partial charge in [-0.2, -0.15) is 0 Å². The number of hydrogen-bond donors (Lipinski definition) is 1. The highest BCUT2D eigenvalue weighted by Gasteiger charge is 2.27. The number of nitro groups is 1. The van der Waals surface area contributed by atoms with Gasteiger partial charge < -0.3 is 5.32 Å². The maximum Gasteiger partial charge on any atom is 0.271 e. The number of aryl methyl sites for hydroxylation is 2. The molecule has 0 unspecified atom stereocenters. The summed E-state index contributed by atoms with van der Waals surface area (Å²) in [5.41, 5.74) is 2.07.